The van der Waals surface area contributed by atoms with Gasteiger partial charge in [0.1, 0.15) is 5.54 Å². The van der Waals surface area contributed by atoms with Crippen LogP contribution in [-0.2, 0) is 4.74 Å². The van der Waals surface area contributed by atoms with E-state index in [1.54, 1.807) is 0 Å². The smallest absolute Gasteiger partial charge is 0.378 e. The fraction of sp³-hybridized carbons (Fsp3) is 1.00. The summed E-state index contributed by atoms with van der Waals surface area (Å²) in [6.07, 6.45) is 1.56. The molecule has 0 radical (unpaired) electrons. The zero-order valence-corrected chi connectivity index (χ0v) is 11.4. The molecule has 19 heavy (non-hydrogen) atoms. The summed E-state index contributed by atoms with van der Waals surface area (Å²) in [4.78, 5) is 0. The van der Waals surface area contributed by atoms with E-state index >= 15 is 0 Å². The van der Waals surface area contributed by atoms with Crippen molar-refractivity contribution in [3.05, 3.63) is 0 Å². The van der Waals surface area contributed by atoms with Crippen LogP contribution in [0.25, 0.3) is 0 Å². The van der Waals surface area contributed by atoms with Gasteiger partial charge in [0.25, 0.3) is 0 Å². The summed E-state index contributed by atoms with van der Waals surface area (Å²) in [5.41, 5.74) is -1.60. The van der Waals surface area contributed by atoms with E-state index < -0.39 is 11.7 Å². The Bertz CT molecular complexity index is 345. The molecule has 3 fully saturated rings. The lowest BCUT2D eigenvalue weighted by atomic mass is 9.60. The number of hydrogen-bond donors (Lipinski definition) is 1. The number of hydrogen-bond acceptors (Lipinski definition) is 2. The SMILES string of the molecule is CCOC1CC(NC2(C(F)(F)F)CC2)C12CCCC2. The zero-order valence-electron chi connectivity index (χ0n) is 11.4. The lowest BCUT2D eigenvalue weighted by Gasteiger charge is -2.55. The Morgan fingerprint density at radius 1 is 1.16 bits per heavy atom. The molecule has 0 bridgehead atoms. The molecular formula is C14H22F3NO. The molecule has 1 spiro atoms. The fourth-order valence-electron chi connectivity index (χ4n) is 4.06. The minimum absolute atomic E-state index is 0.00400. The van der Waals surface area contributed by atoms with Crippen LogP contribution in [0, 0.1) is 5.41 Å². The van der Waals surface area contributed by atoms with Crippen LogP contribution in [0.2, 0.25) is 0 Å². The van der Waals surface area contributed by atoms with Crippen molar-refractivity contribution in [3.63, 3.8) is 0 Å². The molecule has 0 amide bonds. The molecule has 3 rings (SSSR count). The average Bonchev–Trinajstić information content (AvgIpc) is 2.95. The molecule has 0 aromatic heterocycles. The van der Waals surface area contributed by atoms with Crippen molar-refractivity contribution < 1.29 is 17.9 Å². The van der Waals surface area contributed by atoms with E-state index in [2.05, 4.69) is 5.32 Å². The average molecular weight is 277 g/mol. The molecule has 0 saturated heterocycles. The summed E-state index contributed by atoms with van der Waals surface area (Å²) < 4.78 is 44.9. The summed E-state index contributed by atoms with van der Waals surface area (Å²) >= 11 is 0. The van der Waals surface area contributed by atoms with Crippen LogP contribution in [0.4, 0.5) is 13.2 Å². The summed E-state index contributed by atoms with van der Waals surface area (Å²) in [5, 5.41) is 2.96. The third-order valence-electron chi connectivity index (χ3n) is 5.43. The number of rotatable bonds is 4. The molecule has 5 heteroatoms. The van der Waals surface area contributed by atoms with Gasteiger partial charge >= 0.3 is 6.18 Å². The second kappa shape index (κ2) is 4.35. The van der Waals surface area contributed by atoms with Gasteiger partial charge in [-0.15, -0.1) is 0 Å². The van der Waals surface area contributed by atoms with E-state index in [0.29, 0.717) is 6.61 Å². The molecule has 0 heterocycles. The number of ether oxygens (including phenoxy) is 1. The summed E-state index contributed by atoms with van der Waals surface area (Å²) in [6.45, 7) is 2.62. The van der Waals surface area contributed by atoms with Crippen molar-refractivity contribution in [2.75, 3.05) is 6.61 Å². The predicted molar refractivity (Wildman–Crippen MR) is 65.9 cm³/mol. The minimum atomic E-state index is -4.11. The monoisotopic (exact) mass is 277 g/mol. The van der Waals surface area contributed by atoms with Crippen LogP contribution in [-0.4, -0.2) is 30.5 Å². The molecule has 1 N–H and O–H groups in total. The van der Waals surface area contributed by atoms with Gasteiger partial charge in [-0.1, -0.05) is 12.8 Å². The minimum Gasteiger partial charge on any atom is -0.378 e. The van der Waals surface area contributed by atoms with Crippen LogP contribution < -0.4 is 5.32 Å². The molecule has 0 aliphatic heterocycles. The van der Waals surface area contributed by atoms with Crippen molar-refractivity contribution in [2.24, 2.45) is 5.41 Å². The quantitative estimate of drug-likeness (QED) is 0.850. The normalized spacial score (nSPS) is 35.4. The molecule has 2 unspecified atom stereocenters. The van der Waals surface area contributed by atoms with E-state index in [-0.39, 0.29) is 30.4 Å². The van der Waals surface area contributed by atoms with Crippen molar-refractivity contribution in [3.8, 4) is 0 Å². The second-order valence-electron chi connectivity index (χ2n) is 6.40. The van der Waals surface area contributed by atoms with E-state index in [1.807, 2.05) is 6.92 Å². The molecule has 0 aromatic carbocycles. The Morgan fingerprint density at radius 3 is 2.26 bits per heavy atom. The first-order valence-corrected chi connectivity index (χ1v) is 7.40. The van der Waals surface area contributed by atoms with Gasteiger partial charge in [-0.3, -0.25) is 0 Å². The first-order chi connectivity index (χ1) is 8.94. The zero-order chi connectivity index (χ0) is 13.7. The number of halogens is 3. The lowest BCUT2D eigenvalue weighted by Crippen LogP contribution is -2.66. The van der Waals surface area contributed by atoms with Crippen LogP contribution in [0.15, 0.2) is 0 Å². The predicted octanol–water partition coefficient (Wildman–Crippen LogP) is 3.41. The van der Waals surface area contributed by atoms with Crippen LogP contribution in [0.3, 0.4) is 0 Å². The van der Waals surface area contributed by atoms with Gasteiger partial charge in [0.05, 0.1) is 6.10 Å². The van der Waals surface area contributed by atoms with Gasteiger partial charge in [0.2, 0.25) is 0 Å². The van der Waals surface area contributed by atoms with Gasteiger partial charge in [-0.05, 0) is 39.0 Å². The maximum Gasteiger partial charge on any atom is 0.406 e. The Morgan fingerprint density at radius 2 is 1.79 bits per heavy atom. The summed E-state index contributed by atoms with van der Waals surface area (Å²) in [7, 11) is 0. The van der Waals surface area contributed by atoms with E-state index in [9.17, 15) is 13.2 Å². The fourth-order valence-corrected chi connectivity index (χ4v) is 4.06. The molecule has 3 saturated carbocycles. The van der Waals surface area contributed by atoms with Gasteiger partial charge in [-0.2, -0.15) is 13.2 Å². The molecule has 3 aliphatic rings. The highest BCUT2D eigenvalue weighted by molar-refractivity contribution is 5.17. The Labute approximate surface area is 112 Å². The summed E-state index contributed by atoms with van der Waals surface area (Å²) in [6, 6.07) is -0.00400. The first-order valence-electron chi connectivity index (χ1n) is 7.40. The third kappa shape index (κ3) is 2.00. The van der Waals surface area contributed by atoms with Gasteiger partial charge < -0.3 is 10.1 Å². The summed E-state index contributed by atoms with van der Waals surface area (Å²) in [5.74, 6) is 0. The number of nitrogens with one attached hydrogen (secondary N) is 1. The Kier molecular flexibility index (Phi) is 3.13. The van der Waals surface area contributed by atoms with Gasteiger partial charge in [0.15, 0.2) is 0 Å². The van der Waals surface area contributed by atoms with E-state index in [0.717, 1.165) is 32.1 Å². The van der Waals surface area contributed by atoms with E-state index in [4.69, 9.17) is 4.74 Å². The first kappa shape index (κ1) is 13.7. The highest BCUT2D eigenvalue weighted by Crippen LogP contribution is 2.58. The Balaban J connectivity index is 1.69. The molecule has 2 atom stereocenters. The van der Waals surface area contributed by atoms with Crippen molar-refractivity contribution >= 4 is 0 Å². The highest BCUT2D eigenvalue weighted by atomic mass is 19.4. The molecule has 110 valence electrons. The van der Waals surface area contributed by atoms with Crippen molar-refractivity contribution in [1.29, 1.82) is 0 Å². The molecule has 3 aliphatic carbocycles. The molecule has 0 aromatic rings. The maximum absolute atomic E-state index is 13.0. The van der Waals surface area contributed by atoms with Crippen molar-refractivity contribution in [2.45, 2.75) is 75.7 Å². The second-order valence-corrected chi connectivity index (χ2v) is 6.40. The highest BCUT2D eigenvalue weighted by Gasteiger charge is 2.67. The molecule has 2 nitrogen and oxygen atoms in total. The lowest BCUT2D eigenvalue weighted by molar-refractivity contribution is -0.188. The largest absolute Gasteiger partial charge is 0.406 e. The van der Waals surface area contributed by atoms with E-state index in [1.165, 1.54) is 0 Å². The number of alkyl halides is 3. The van der Waals surface area contributed by atoms with Crippen molar-refractivity contribution in [1.82, 2.24) is 5.32 Å². The topological polar surface area (TPSA) is 21.3 Å². The Hall–Kier alpha value is -0.290. The molecular weight excluding hydrogens is 255 g/mol. The van der Waals surface area contributed by atoms with Crippen LogP contribution >= 0.6 is 0 Å². The standard InChI is InChI=1S/C14H22F3NO/c1-2-19-11-9-10(12(11)5-3-4-6-12)18-13(7-8-13)14(15,16)17/h10-11,18H,2-9H2,1H3. The van der Waals surface area contributed by atoms with Gasteiger partial charge in [-0.25, -0.2) is 0 Å². The van der Waals surface area contributed by atoms with Crippen LogP contribution in [0.5, 0.6) is 0 Å². The maximum atomic E-state index is 13.0. The van der Waals surface area contributed by atoms with Crippen LogP contribution in [0.1, 0.15) is 51.9 Å². The third-order valence-corrected chi connectivity index (χ3v) is 5.43. The van der Waals surface area contributed by atoms with Gasteiger partial charge in [0, 0.05) is 18.1 Å².